The number of hydrogen-bond donors (Lipinski definition) is 0. The molecule has 2 fully saturated rings. The highest BCUT2D eigenvalue weighted by molar-refractivity contribution is 7.91. The molecule has 1 aromatic rings. The van der Waals surface area contributed by atoms with Crippen LogP contribution in [0.2, 0.25) is 0 Å². The summed E-state index contributed by atoms with van der Waals surface area (Å²) in [7, 11) is -3.36. The van der Waals surface area contributed by atoms with Crippen molar-refractivity contribution in [2.24, 2.45) is 5.92 Å². The molecule has 0 bridgehead atoms. The number of sulfonamides is 1. The molecule has 2 atom stereocenters. The van der Waals surface area contributed by atoms with Crippen LogP contribution in [-0.4, -0.2) is 63.1 Å². The van der Waals surface area contributed by atoms with Gasteiger partial charge in [0.15, 0.2) is 0 Å². The second-order valence-corrected chi connectivity index (χ2v) is 8.91. The summed E-state index contributed by atoms with van der Waals surface area (Å²) in [4.78, 5) is 2.33. The van der Waals surface area contributed by atoms with E-state index in [-0.39, 0.29) is 6.10 Å². The molecule has 3 rings (SSSR count). The molecule has 7 heteroatoms. The quantitative estimate of drug-likeness (QED) is 0.781. The van der Waals surface area contributed by atoms with E-state index < -0.39 is 10.0 Å². The van der Waals surface area contributed by atoms with Crippen LogP contribution in [0.5, 0.6) is 0 Å². The maximum absolute atomic E-state index is 12.6. The highest BCUT2D eigenvalue weighted by atomic mass is 32.2. The molecule has 0 unspecified atom stereocenters. The molecule has 1 aromatic heterocycles. The van der Waals surface area contributed by atoms with Crippen LogP contribution < -0.4 is 0 Å². The van der Waals surface area contributed by atoms with E-state index in [0.29, 0.717) is 29.8 Å². The Labute approximate surface area is 136 Å². The summed E-state index contributed by atoms with van der Waals surface area (Å²) in [5, 5.41) is 1.80. The van der Waals surface area contributed by atoms with Crippen LogP contribution in [0.3, 0.4) is 0 Å². The standard InChI is InChI=1S/C15H22N2O3S2/c1-2-6-16-8-9-20-14-12-17(7-5-13(14)11-16)22(18,19)15-4-3-10-21-15/h2-4,10,13-14H,1,5-9,11-12H2/t13-,14-/m0/s1. The van der Waals surface area contributed by atoms with Gasteiger partial charge in [-0.25, -0.2) is 8.42 Å². The average molecular weight is 342 g/mol. The van der Waals surface area contributed by atoms with Crippen LogP contribution in [0.1, 0.15) is 6.42 Å². The number of rotatable bonds is 4. The highest BCUT2D eigenvalue weighted by Gasteiger charge is 2.38. The molecular formula is C15H22N2O3S2. The van der Waals surface area contributed by atoms with E-state index >= 15 is 0 Å². The molecule has 2 saturated heterocycles. The Morgan fingerprint density at radius 2 is 2.27 bits per heavy atom. The minimum absolute atomic E-state index is 0.00157. The van der Waals surface area contributed by atoms with Crippen LogP contribution in [0, 0.1) is 5.92 Å². The maximum Gasteiger partial charge on any atom is 0.252 e. The van der Waals surface area contributed by atoms with Gasteiger partial charge in [0.1, 0.15) is 4.21 Å². The molecule has 0 radical (unpaired) electrons. The van der Waals surface area contributed by atoms with Gasteiger partial charge in [-0.1, -0.05) is 12.1 Å². The number of fused-ring (bicyclic) bond motifs is 1. The summed E-state index contributed by atoms with van der Waals surface area (Å²) >= 11 is 1.27. The van der Waals surface area contributed by atoms with Gasteiger partial charge >= 0.3 is 0 Å². The molecular weight excluding hydrogens is 320 g/mol. The van der Waals surface area contributed by atoms with Gasteiger partial charge in [0.05, 0.1) is 12.7 Å². The zero-order chi connectivity index (χ0) is 15.6. The van der Waals surface area contributed by atoms with Crippen LogP contribution in [0.15, 0.2) is 34.4 Å². The Morgan fingerprint density at radius 3 is 3.00 bits per heavy atom. The van der Waals surface area contributed by atoms with Crippen LogP contribution >= 0.6 is 11.3 Å². The van der Waals surface area contributed by atoms with Crippen molar-refractivity contribution in [3.63, 3.8) is 0 Å². The lowest BCUT2D eigenvalue weighted by Crippen LogP contribution is -2.48. The largest absolute Gasteiger partial charge is 0.375 e. The fraction of sp³-hybridized carbons (Fsp3) is 0.600. The van der Waals surface area contributed by atoms with E-state index in [1.165, 1.54) is 11.3 Å². The van der Waals surface area contributed by atoms with Gasteiger partial charge in [-0.05, 0) is 17.9 Å². The number of ether oxygens (including phenoxy) is 1. The second kappa shape index (κ2) is 6.80. The molecule has 3 heterocycles. The third-order valence-corrected chi connectivity index (χ3v) is 7.61. The van der Waals surface area contributed by atoms with Gasteiger partial charge in [-0.15, -0.1) is 17.9 Å². The lowest BCUT2D eigenvalue weighted by Gasteiger charge is -2.37. The topological polar surface area (TPSA) is 49.9 Å². The fourth-order valence-electron chi connectivity index (χ4n) is 3.19. The predicted octanol–water partition coefficient (Wildman–Crippen LogP) is 1.65. The normalized spacial score (nSPS) is 28.0. The van der Waals surface area contributed by atoms with Crippen molar-refractivity contribution in [2.45, 2.75) is 16.7 Å². The van der Waals surface area contributed by atoms with Gasteiger partial charge in [-0.3, -0.25) is 4.90 Å². The smallest absolute Gasteiger partial charge is 0.252 e. The third kappa shape index (κ3) is 3.28. The van der Waals surface area contributed by atoms with E-state index in [1.807, 2.05) is 6.08 Å². The molecule has 0 aromatic carbocycles. The number of piperidine rings is 1. The zero-order valence-electron chi connectivity index (χ0n) is 12.6. The van der Waals surface area contributed by atoms with Crippen LogP contribution in [-0.2, 0) is 14.8 Å². The average Bonchev–Trinajstić information content (AvgIpc) is 2.96. The first-order valence-corrected chi connectivity index (χ1v) is 9.92. The van der Waals surface area contributed by atoms with Crippen molar-refractivity contribution in [2.75, 3.05) is 39.3 Å². The van der Waals surface area contributed by atoms with Crippen molar-refractivity contribution < 1.29 is 13.2 Å². The first kappa shape index (κ1) is 16.1. The van der Waals surface area contributed by atoms with E-state index in [4.69, 9.17) is 4.74 Å². The molecule has 22 heavy (non-hydrogen) atoms. The van der Waals surface area contributed by atoms with Gasteiger partial charge in [0, 0.05) is 38.6 Å². The van der Waals surface area contributed by atoms with Gasteiger partial charge in [-0.2, -0.15) is 4.31 Å². The van der Waals surface area contributed by atoms with E-state index in [2.05, 4.69) is 11.5 Å². The van der Waals surface area contributed by atoms with Crippen molar-refractivity contribution in [1.29, 1.82) is 0 Å². The molecule has 0 aliphatic carbocycles. The summed E-state index contributed by atoms with van der Waals surface area (Å²) < 4.78 is 33.2. The molecule has 0 N–H and O–H groups in total. The first-order valence-electron chi connectivity index (χ1n) is 7.60. The van der Waals surface area contributed by atoms with Crippen molar-refractivity contribution in [1.82, 2.24) is 9.21 Å². The van der Waals surface area contributed by atoms with E-state index in [9.17, 15) is 8.42 Å². The molecule has 2 aliphatic rings. The molecule has 0 saturated carbocycles. The molecule has 122 valence electrons. The summed E-state index contributed by atoms with van der Waals surface area (Å²) in [6.07, 6.45) is 2.76. The van der Waals surface area contributed by atoms with Crippen LogP contribution in [0.4, 0.5) is 0 Å². The van der Waals surface area contributed by atoms with Crippen molar-refractivity contribution in [3.8, 4) is 0 Å². The third-order valence-electron chi connectivity index (χ3n) is 4.37. The lowest BCUT2D eigenvalue weighted by atomic mass is 9.94. The molecule has 0 spiro atoms. The predicted molar refractivity (Wildman–Crippen MR) is 87.6 cm³/mol. The monoisotopic (exact) mass is 342 g/mol. The minimum Gasteiger partial charge on any atom is -0.375 e. The summed E-state index contributed by atoms with van der Waals surface area (Å²) in [6.45, 7) is 8.20. The maximum atomic E-state index is 12.6. The fourth-order valence-corrected chi connectivity index (χ4v) is 5.81. The number of thiophene rings is 1. The minimum atomic E-state index is -3.36. The van der Waals surface area contributed by atoms with Gasteiger partial charge in [0.2, 0.25) is 0 Å². The van der Waals surface area contributed by atoms with Crippen molar-refractivity contribution >= 4 is 21.4 Å². The molecule has 5 nitrogen and oxygen atoms in total. The summed E-state index contributed by atoms with van der Waals surface area (Å²) in [5.41, 5.74) is 0. The van der Waals surface area contributed by atoms with E-state index in [0.717, 1.165) is 26.1 Å². The summed E-state index contributed by atoms with van der Waals surface area (Å²) in [6, 6.07) is 3.45. The SMILES string of the molecule is C=CCN1CCO[C@H]2CN(S(=O)(=O)c3cccs3)CC[C@H]2C1. The summed E-state index contributed by atoms with van der Waals surface area (Å²) in [5.74, 6) is 0.400. The first-order chi connectivity index (χ1) is 10.6. The Bertz CT molecular complexity index is 600. The highest BCUT2D eigenvalue weighted by Crippen LogP contribution is 2.29. The molecule has 0 amide bonds. The van der Waals surface area contributed by atoms with E-state index in [1.54, 1.807) is 21.8 Å². The van der Waals surface area contributed by atoms with Crippen LogP contribution in [0.25, 0.3) is 0 Å². The lowest BCUT2D eigenvalue weighted by molar-refractivity contribution is -0.00185. The Balaban J connectivity index is 1.70. The number of nitrogens with zero attached hydrogens (tertiary/aromatic N) is 2. The van der Waals surface area contributed by atoms with Crippen molar-refractivity contribution in [3.05, 3.63) is 30.2 Å². The Hall–Kier alpha value is -0.730. The number of hydrogen-bond acceptors (Lipinski definition) is 5. The zero-order valence-corrected chi connectivity index (χ0v) is 14.2. The molecule has 2 aliphatic heterocycles. The van der Waals surface area contributed by atoms with Gasteiger partial charge in [0.25, 0.3) is 10.0 Å². The Kier molecular flexibility index (Phi) is 4.99. The Morgan fingerprint density at radius 1 is 1.41 bits per heavy atom. The second-order valence-electron chi connectivity index (χ2n) is 5.80. The van der Waals surface area contributed by atoms with Gasteiger partial charge < -0.3 is 4.74 Å².